The van der Waals surface area contributed by atoms with Crippen LogP contribution in [0.1, 0.15) is 25.7 Å². The van der Waals surface area contributed by atoms with Gasteiger partial charge in [-0.3, -0.25) is 4.79 Å². The first-order valence-corrected chi connectivity index (χ1v) is 6.41. The first-order chi connectivity index (χ1) is 8.68. The molecule has 19 heavy (non-hydrogen) atoms. The molecule has 4 nitrogen and oxygen atoms in total. The summed E-state index contributed by atoms with van der Waals surface area (Å²) >= 11 is 0. The average molecular weight is 285 g/mol. The molecule has 1 saturated carbocycles. The topological polar surface area (TPSA) is 64.3 Å². The zero-order chi connectivity index (χ0) is 12.8. The van der Waals surface area contributed by atoms with Gasteiger partial charge in [-0.15, -0.1) is 12.4 Å². The Kier molecular flexibility index (Phi) is 6.12. The van der Waals surface area contributed by atoms with Crippen molar-refractivity contribution in [1.29, 1.82) is 0 Å². The number of halogens is 1. The summed E-state index contributed by atoms with van der Waals surface area (Å²) in [6.07, 6.45) is 3.55. The van der Waals surface area contributed by atoms with Gasteiger partial charge in [-0.2, -0.15) is 0 Å². The molecule has 0 unspecified atom stereocenters. The number of para-hydroxylation sites is 1. The third-order valence-electron chi connectivity index (χ3n) is 3.33. The van der Waals surface area contributed by atoms with Crippen molar-refractivity contribution in [2.75, 3.05) is 13.2 Å². The predicted octanol–water partition coefficient (Wildman–Crippen LogP) is 1.87. The van der Waals surface area contributed by atoms with Crippen LogP contribution in [0.25, 0.3) is 0 Å². The largest absolute Gasteiger partial charge is 0.493 e. The second kappa shape index (κ2) is 7.36. The van der Waals surface area contributed by atoms with Crippen LogP contribution in [0.3, 0.4) is 0 Å². The van der Waals surface area contributed by atoms with Crippen molar-refractivity contribution in [3.63, 3.8) is 0 Å². The Bertz CT molecular complexity index is 394. The Morgan fingerprint density at radius 1 is 1.32 bits per heavy atom. The number of rotatable bonds is 6. The van der Waals surface area contributed by atoms with Crippen LogP contribution in [-0.2, 0) is 4.79 Å². The van der Waals surface area contributed by atoms with E-state index in [1.165, 1.54) is 6.42 Å². The molecule has 0 saturated heterocycles. The molecular weight excluding hydrogens is 264 g/mol. The number of carbonyl (C=O) groups excluding carboxylic acids is 1. The lowest BCUT2D eigenvalue weighted by molar-refractivity contribution is -0.122. The highest BCUT2D eigenvalue weighted by molar-refractivity contribution is 5.85. The molecule has 1 aromatic rings. The molecule has 3 N–H and O–H groups in total. The molecule has 106 valence electrons. The van der Waals surface area contributed by atoms with Gasteiger partial charge in [-0.1, -0.05) is 18.2 Å². The fourth-order valence-electron chi connectivity index (χ4n) is 1.95. The zero-order valence-corrected chi connectivity index (χ0v) is 11.7. The number of hydrogen-bond donors (Lipinski definition) is 2. The van der Waals surface area contributed by atoms with Gasteiger partial charge in [0.05, 0.1) is 13.0 Å². The molecule has 0 aromatic heterocycles. The smallest absolute Gasteiger partial charge is 0.223 e. The standard InChI is InChI=1S/C14H20N2O2.ClH/c15-14(8-4-9-14)11-16-13(17)7-10-18-12-5-2-1-3-6-12;/h1-3,5-6H,4,7-11,15H2,(H,16,17);1H. The van der Waals surface area contributed by atoms with Crippen LogP contribution < -0.4 is 15.8 Å². The summed E-state index contributed by atoms with van der Waals surface area (Å²) in [7, 11) is 0. The Balaban J connectivity index is 0.00000180. The van der Waals surface area contributed by atoms with Gasteiger partial charge in [0.1, 0.15) is 5.75 Å². The lowest BCUT2D eigenvalue weighted by Gasteiger charge is -2.38. The molecule has 1 fully saturated rings. The van der Waals surface area contributed by atoms with Gasteiger partial charge in [-0.25, -0.2) is 0 Å². The summed E-state index contributed by atoms with van der Waals surface area (Å²) < 4.78 is 5.46. The number of benzene rings is 1. The summed E-state index contributed by atoms with van der Waals surface area (Å²) in [4.78, 5) is 11.6. The van der Waals surface area contributed by atoms with E-state index in [0.717, 1.165) is 18.6 Å². The SMILES string of the molecule is Cl.NC1(CNC(=O)CCOc2ccccc2)CCC1. The fourth-order valence-corrected chi connectivity index (χ4v) is 1.95. The number of nitrogens with two attached hydrogens (primary N) is 1. The van der Waals surface area contributed by atoms with E-state index in [0.29, 0.717) is 19.6 Å². The van der Waals surface area contributed by atoms with Crippen molar-refractivity contribution < 1.29 is 9.53 Å². The van der Waals surface area contributed by atoms with Crippen LogP contribution >= 0.6 is 12.4 Å². The molecule has 1 aliphatic carbocycles. The zero-order valence-electron chi connectivity index (χ0n) is 10.9. The van der Waals surface area contributed by atoms with Crippen LogP contribution in [0.5, 0.6) is 5.75 Å². The van der Waals surface area contributed by atoms with E-state index in [-0.39, 0.29) is 23.9 Å². The highest BCUT2D eigenvalue weighted by Crippen LogP contribution is 2.27. The normalized spacial score (nSPS) is 15.8. The Morgan fingerprint density at radius 2 is 2.00 bits per heavy atom. The predicted molar refractivity (Wildman–Crippen MR) is 77.6 cm³/mol. The van der Waals surface area contributed by atoms with Gasteiger partial charge in [0.15, 0.2) is 0 Å². The summed E-state index contributed by atoms with van der Waals surface area (Å²) in [5, 5.41) is 2.87. The lowest BCUT2D eigenvalue weighted by atomic mass is 9.78. The molecule has 1 amide bonds. The molecule has 0 aliphatic heterocycles. The fraction of sp³-hybridized carbons (Fsp3) is 0.500. The van der Waals surface area contributed by atoms with Crippen molar-refractivity contribution in [1.82, 2.24) is 5.32 Å². The minimum absolute atomic E-state index is 0. The van der Waals surface area contributed by atoms with E-state index in [4.69, 9.17) is 10.5 Å². The Morgan fingerprint density at radius 3 is 2.58 bits per heavy atom. The number of carbonyl (C=O) groups is 1. The summed E-state index contributed by atoms with van der Waals surface area (Å²) in [5.74, 6) is 0.794. The second-order valence-corrected chi connectivity index (χ2v) is 4.90. The van der Waals surface area contributed by atoms with Crippen molar-refractivity contribution in [2.45, 2.75) is 31.2 Å². The maximum Gasteiger partial charge on any atom is 0.223 e. The molecular formula is C14H21ClN2O2. The van der Waals surface area contributed by atoms with Gasteiger partial charge < -0.3 is 15.8 Å². The monoisotopic (exact) mass is 284 g/mol. The summed E-state index contributed by atoms with van der Waals surface area (Å²) in [5.41, 5.74) is 5.87. The quantitative estimate of drug-likeness (QED) is 0.838. The number of amides is 1. The number of nitrogens with one attached hydrogen (secondary N) is 1. The summed E-state index contributed by atoms with van der Waals surface area (Å²) in [6.45, 7) is 0.977. The average Bonchev–Trinajstić information content (AvgIpc) is 2.35. The Hall–Kier alpha value is -1.26. The van der Waals surface area contributed by atoms with Crippen molar-refractivity contribution in [2.24, 2.45) is 5.73 Å². The van der Waals surface area contributed by atoms with Gasteiger partial charge >= 0.3 is 0 Å². The van der Waals surface area contributed by atoms with Gasteiger partial charge in [0, 0.05) is 12.1 Å². The Labute approximate surface area is 120 Å². The van der Waals surface area contributed by atoms with Crippen LogP contribution in [0.2, 0.25) is 0 Å². The minimum Gasteiger partial charge on any atom is -0.493 e. The molecule has 0 heterocycles. The van der Waals surface area contributed by atoms with E-state index in [1.54, 1.807) is 0 Å². The lowest BCUT2D eigenvalue weighted by Crippen LogP contribution is -2.55. The third kappa shape index (κ3) is 5.09. The molecule has 2 rings (SSSR count). The van der Waals surface area contributed by atoms with E-state index < -0.39 is 0 Å². The second-order valence-electron chi connectivity index (χ2n) is 4.90. The maximum atomic E-state index is 11.6. The highest BCUT2D eigenvalue weighted by Gasteiger charge is 2.32. The third-order valence-corrected chi connectivity index (χ3v) is 3.33. The molecule has 0 spiro atoms. The van der Waals surface area contributed by atoms with Crippen molar-refractivity contribution in [3.05, 3.63) is 30.3 Å². The van der Waals surface area contributed by atoms with Crippen LogP contribution in [0, 0.1) is 0 Å². The van der Waals surface area contributed by atoms with Gasteiger partial charge in [0.2, 0.25) is 5.91 Å². The molecule has 5 heteroatoms. The van der Waals surface area contributed by atoms with Crippen LogP contribution in [-0.4, -0.2) is 24.6 Å². The minimum atomic E-state index is -0.157. The first-order valence-electron chi connectivity index (χ1n) is 6.41. The number of ether oxygens (including phenoxy) is 1. The van der Waals surface area contributed by atoms with Gasteiger partial charge in [0.25, 0.3) is 0 Å². The van der Waals surface area contributed by atoms with Crippen LogP contribution in [0.4, 0.5) is 0 Å². The first kappa shape index (κ1) is 15.8. The van der Waals surface area contributed by atoms with Gasteiger partial charge in [-0.05, 0) is 31.4 Å². The van der Waals surface area contributed by atoms with E-state index >= 15 is 0 Å². The van der Waals surface area contributed by atoms with E-state index in [1.807, 2.05) is 30.3 Å². The van der Waals surface area contributed by atoms with Crippen molar-refractivity contribution in [3.8, 4) is 5.75 Å². The maximum absolute atomic E-state index is 11.6. The molecule has 0 bridgehead atoms. The molecule has 0 radical (unpaired) electrons. The van der Waals surface area contributed by atoms with Crippen molar-refractivity contribution >= 4 is 18.3 Å². The number of hydrogen-bond acceptors (Lipinski definition) is 3. The summed E-state index contributed by atoms with van der Waals surface area (Å²) in [6, 6.07) is 9.50. The molecule has 0 atom stereocenters. The van der Waals surface area contributed by atoms with E-state index in [2.05, 4.69) is 5.32 Å². The van der Waals surface area contributed by atoms with E-state index in [9.17, 15) is 4.79 Å². The molecule has 1 aromatic carbocycles. The highest BCUT2D eigenvalue weighted by atomic mass is 35.5. The molecule has 1 aliphatic rings. The van der Waals surface area contributed by atoms with Crippen LogP contribution in [0.15, 0.2) is 30.3 Å².